The number of esters is 1. The van der Waals surface area contributed by atoms with Crippen molar-refractivity contribution in [3.05, 3.63) is 40.7 Å². The molecule has 0 bridgehead atoms. The van der Waals surface area contributed by atoms with Gasteiger partial charge in [-0.3, -0.25) is 4.79 Å². The number of hydrogen-bond acceptors (Lipinski definition) is 7. The first-order valence-electron chi connectivity index (χ1n) is 12.9. The lowest BCUT2D eigenvalue weighted by atomic mass is 10.1. The van der Waals surface area contributed by atoms with E-state index < -0.39 is 21.9 Å². The van der Waals surface area contributed by atoms with Crippen LogP contribution in [0.3, 0.4) is 0 Å². The first-order chi connectivity index (χ1) is 17.7. The molecule has 0 radical (unpaired) electrons. The SMILES string of the molecule is CCOC(=O)c1c(C)[nH]c(C(=O)Nc2cc(S(=O)(=O)N3CCOCC3)ccc2N2CCCCCC2)c1C. The lowest BCUT2D eigenvalue weighted by Gasteiger charge is -2.28. The molecule has 10 nitrogen and oxygen atoms in total. The number of aromatic amines is 1. The first-order valence-corrected chi connectivity index (χ1v) is 14.3. The summed E-state index contributed by atoms with van der Waals surface area (Å²) in [6.07, 6.45) is 4.33. The summed E-state index contributed by atoms with van der Waals surface area (Å²) in [5.74, 6) is -0.940. The van der Waals surface area contributed by atoms with Crippen molar-refractivity contribution < 1.29 is 27.5 Å². The monoisotopic (exact) mass is 532 g/mol. The fourth-order valence-electron chi connectivity index (χ4n) is 4.97. The molecule has 37 heavy (non-hydrogen) atoms. The van der Waals surface area contributed by atoms with Crippen molar-refractivity contribution in [2.24, 2.45) is 0 Å². The minimum Gasteiger partial charge on any atom is -0.462 e. The van der Waals surface area contributed by atoms with E-state index in [0.717, 1.165) is 44.5 Å². The number of carbonyl (C=O) groups is 2. The van der Waals surface area contributed by atoms with Crippen molar-refractivity contribution >= 4 is 33.3 Å². The third-order valence-electron chi connectivity index (χ3n) is 6.91. The minimum atomic E-state index is -3.75. The molecule has 2 N–H and O–H groups in total. The molecule has 1 aromatic carbocycles. The summed E-state index contributed by atoms with van der Waals surface area (Å²) >= 11 is 0. The van der Waals surface area contributed by atoms with Gasteiger partial charge in [-0.1, -0.05) is 12.8 Å². The quantitative estimate of drug-likeness (QED) is 0.524. The van der Waals surface area contributed by atoms with E-state index in [9.17, 15) is 18.0 Å². The second-order valence-corrected chi connectivity index (χ2v) is 11.3. The van der Waals surface area contributed by atoms with Gasteiger partial charge >= 0.3 is 5.97 Å². The maximum Gasteiger partial charge on any atom is 0.340 e. The molecule has 11 heteroatoms. The van der Waals surface area contributed by atoms with E-state index in [-0.39, 0.29) is 30.3 Å². The average Bonchev–Trinajstić information content (AvgIpc) is 3.04. The highest BCUT2D eigenvalue weighted by atomic mass is 32.2. The maximum absolute atomic E-state index is 13.5. The molecule has 0 atom stereocenters. The number of sulfonamides is 1. The van der Waals surface area contributed by atoms with Gasteiger partial charge in [-0.15, -0.1) is 0 Å². The molecule has 0 aliphatic carbocycles. The van der Waals surface area contributed by atoms with Crippen LogP contribution in [0, 0.1) is 13.8 Å². The van der Waals surface area contributed by atoms with Crippen molar-refractivity contribution in [1.82, 2.24) is 9.29 Å². The number of nitrogens with one attached hydrogen (secondary N) is 2. The summed E-state index contributed by atoms with van der Waals surface area (Å²) in [5.41, 5.74) is 2.81. The molecule has 2 aromatic rings. The molecule has 2 aliphatic heterocycles. The van der Waals surface area contributed by atoms with Gasteiger partial charge in [0.15, 0.2) is 0 Å². The largest absolute Gasteiger partial charge is 0.462 e. The second-order valence-electron chi connectivity index (χ2n) is 9.40. The van der Waals surface area contributed by atoms with Crippen LogP contribution < -0.4 is 10.2 Å². The highest BCUT2D eigenvalue weighted by molar-refractivity contribution is 7.89. The zero-order valence-corrected chi connectivity index (χ0v) is 22.6. The van der Waals surface area contributed by atoms with Gasteiger partial charge in [0.1, 0.15) is 5.69 Å². The van der Waals surface area contributed by atoms with Gasteiger partial charge in [-0.05, 0) is 57.4 Å². The van der Waals surface area contributed by atoms with Crippen LogP contribution in [-0.2, 0) is 19.5 Å². The van der Waals surface area contributed by atoms with Crippen molar-refractivity contribution in [1.29, 1.82) is 0 Å². The number of benzene rings is 1. The number of ether oxygens (including phenoxy) is 2. The number of nitrogens with zero attached hydrogens (tertiary/aromatic N) is 2. The Morgan fingerprint density at radius 2 is 1.73 bits per heavy atom. The molecule has 1 aromatic heterocycles. The van der Waals surface area contributed by atoms with E-state index in [1.165, 1.54) is 4.31 Å². The average molecular weight is 533 g/mol. The van der Waals surface area contributed by atoms with E-state index in [2.05, 4.69) is 15.2 Å². The molecule has 202 valence electrons. The number of aromatic nitrogens is 1. The van der Waals surface area contributed by atoms with Crippen LogP contribution in [0.15, 0.2) is 23.1 Å². The van der Waals surface area contributed by atoms with Gasteiger partial charge in [0.25, 0.3) is 5.91 Å². The normalized spacial score (nSPS) is 17.3. The third-order valence-corrected chi connectivity index (χ3v) is 8.81. The number of H-pyrrole nitrogens is 1. The van der Waals surface area contributed by atoms with Crippen LogP contribution in [0.1, 0.15) is 64.7 Å². The molecule has 0 unspecified atom stereocenters. The van der Waals surface area contributed by atoms with E-state index >= 15 is 0 Å². The molecule has 1 amide bonds. The first kappa shape index (κ1) is 27.2. The van der Waals surface area contributed by atoms with Gasteiger partial charge in [-0.2, -0.15) is 4.31 Å². The van der Waals surface area contributed by atoms with Crippen molar-refractivity contribution in [3.63, 3.8) is 0 Å². The fourth-order valence-corrected chi connectivity index (χ4v) is 6.41. The van der Waals surface area contributed by atoms with Gasteiger partial charge < -0.3 is 24.7 Å². The second kappa shape index (κ2) is 11.7. The van der Waals surface area contributed by atoms with Crippen LogP contribution in [-0.4, -0.2) is 75.6 Å². The van der Waals surface area contributed by atoms with Crippen LogP contribution in [0.25, 0.3) is 0 Å². The Balaban J connectivity index is 1.70. The molecule has 4 rings (SSSR count). The number of morpholine rings is 1. The highest BCUT2D eigenvalue weighted by Crippen LogP contribution is 2.33. The van der Waals surface area contributed by atoms with Crippen molar-refractivity contribution in [3.8, 4) is 0 Å². The van der Waals surface area contributed by atoms with E-state index in [1.54, 1.807) is 39.0 Å². The van der Waals surface area contributed by atoms with Gasteiger partial charge in [0.05, 0.1) is 41.7 Å². The van der Waals surface area contributed by atoms with Crippen LogP contribution in [0.5, 0.6) is 0 Å². The van der Waals surface area contributed by atoms with Gasteiger partial charge in [0.2, 0.25) is 10.0 Å². The maximum atomic E-state index is 13.5. The molecule has 2 aliphatic rings. The lowest BCUT2D eigenvalue weighted by molar-refractivity contribution is 0.0525. The molecule has 2 fully saturated rings. The summed E-state index contributed by atoms with van der Waals surface area (Å²) in [7, 11) is -3.75. The number of rotatable bonds is 7. The number of amides is 1. The summed E-state index contributed by atoms with van der Waals surface area (Å²) in [5, 5.41) is 2.94. The number of carbonyl (C=O) groups excluding carboxylic acids is 2. The highest BCUT2D eigenvalue weighted by Gasteiger charge is 2.29. The predicted molar refractivity (Wildman–Crippen MR) is 141 cm³/mol. The summed E-state index contributed by atoms with van der Waals surface area (Å²) in [4.78, 5) is 31.2. The molecule has 0 spiro atoms. The fraction of sp³-hybridized carbons (Fsp3) is 0.538. The molecule has 2 saturated heterocycles. The van der Waals surface area contributed by atoms with Gasteiger partial charge in [0, 0.05) is 31.9 Å². The molecular formula is C26H36N4O6S. The summed E-state index contributed by atoms with van der Waals surface area (Å²) in [6, 6.07) is 4.94. The predicted octanol–water partition coefficient (Wildman–Crippen LogP) is 3.46. The lowest BCUT2D eigenvalue weighted by Crippen LogP contribution is -2.40. The molecule has 3 heterocycles. The van der Waals surface area contributed by atoms with Crippen LogP contribution in [0.4, 0.5) is 11.4 Å². The van der Waals surface area contributed by atoms with Crippen molar-refractivity contribution in [2.45, 2.75) is 51.3 Å². The Morgan fingerprint density at radius 3 is 2.38 bits per heavy atom. The number of aryl methyl sites for hydroxylation is 1. The number of hydrogen-bond donors (Lipinski definition) is 2. The minimum absolute atomic E-state index is 0.120. The zero-order valence-electron chi connectivity index (χ0n) is 21.8. The Morgan fingerprint density at radius 1 is 1.05 bits per heavy atom. The Hall–Kier alpha value is -2.89. The van der Waals surface area contributed by atoms with E-state index in [4.69, 9.17) is 9.47 Å². The molecular weight excluding hydrogens is 496 g/mol. The smallest absolute Gasteiger partial charge is 0.340 e. The van der Waals surface area contributed by atoms with E-state index in [0.29, 0.717) is 35.7 Å². The number of anilines is 2. The summed E-state index contributed by atoms with van der Waals surface area (Å²) < 4.78 is 38.6. The topological polar surface area (TPSA) is 121 Å². The van der Waals surface area contributed by atoms with Crippen LogP contribution >= 0.6 is 0 Å². The Bertz CT molecular complexity index is 1240. The summed E-state index contributed by atoms with van der Waals surface area (Å²) in [6.45, 7) is 8.29. The van der Waals surface area contributed by atoms with E-state index in [1.807, 2.05) is 0 Å². The van der Waals surface area contributed by atoms with Crippen LogP contribution in [0.2, 0.25) is 0 Å². The third kappa shape index (κ3) is 5.83. The zero-order chi connectivity index (χ0) is 26.6. The van der Waals surface area contributed by atoms with Crippen molar-refractivity contribution in [2.75, 3.05) is 56.2 Å². The van der Waals surface area contributed by atoms with Gasteiger partial charge in [-0.25, -0.2) is 13.2 Å². The standard InChI is InChI=1S/C26H36N4O6S/c1-4-36-26(32)23-18(2)24(27-19(23)3)25(31)28-21-17-20(37(33,34)30-13-15-35-16-14-30)9-10-22(21)29-11-7-5-6-8-12-29/h9-10,17,27H,4-8,11-16H2,1-3H3,(H,28,31). The Labute approximate surface area is 218 Å². The molecule has 0 saturated carbocycles. The Kier molecular flexibility index (Phi) is 8.56.